The minimum atomic E-state index is -1.09. The number of carbonyl (C=O) groups excluding carboxylic acids is 7. The Hall–Kier alpha value is -5.59. The van der Waals surface area contributed by atoms with Crippen LogP contribution >= 0.6 is 0 Å². The number of Topliss-reactive ketones (excluding diaryl/α,β-unsaturated/α-hetero) is 3. The molecule has 3 fully saturated rings. The molecule has 3 aliphatic rings. The lowest BCUT2D eigenvalue weighted by molar-refractivity contribution is -0.148. The number of hydrogen-bond acceptors (Lipinski definition) is 9. The highest BCUT2D eigenvalue weighted by molar-refractivity contribution is 6.39. The number of nitrogens with zero attached hydrogens (tertiary/aromatic N) is 3. The molecule has 13 heteroatoms. The first-order valence-corrected chi connectivity index (χ1v) is 27.1. The summed E-state index contributed by atoms with van der Waals surface area (Å²) in [6.07, 6.45) is 43.6. The zero-order valence-electron chi connectivity index (χ0n) is 44.3. The largest absolute Gasteiger partial charge is 0.356 e. The molecule has 0 bridgehead atoms. The van der Waals surface area contributed by atoms with Gasteiger partial charge in [-0.2, -0.15) is 0 Å². The number of amides is 4. The van der Waals surface area contributed by atoms with E-state index in [4.69, 9.17) is 0 Å². The minimum absolute atomic E-state index is 0.0769. The standard InChI is InChI=1S/C59H86N6O7/c1-7-8-9-10-11-12-13-14-15-16-17-18-19-20-21-22-23-24-28-36-51(68)62-37-30-35-49(66)55(69)52(43(2)3)63-57(71)54-46-34-29-33-45(46)42-65(54)58(72)47(59(4,5)6)40-50(67)53(44-31-26-25-27-32-44)64-56(70)48-41-60-38-39-61-48/h8-9,11-12,14-15,17-18,20-21,23-24,38-39,41,43-47,52-54H,7,10,13,16,19,22,25-37,40,42H2,1-6H3,(H,62,68)(H,63,71)(H,64,70)/b9-8-,12-11-,15-14-,18-17-,21-20-,24-23-/t45-,46-,47?,52-,53-,54?/m0/s1. The van der Waals surface area contributed by atoms with Gasteiger partial charge in [-0.05, 0) is 106 Å². The van der Waals surface area contributed by atoms with E-state index in [1.54, 1.807) is 18.7 Å². The molecule has 72 heavy (non-hydrogen) atoms. The molecular weight excluding hydrogens is 905 g/mol. The molecule has 2 saturated carbocycles. The molecule has 13 nitrogen and oxygen atoms in total. The van der Waals surface area contributed by atoms with Crippen LogP contribution in [0.2, 0.25) is 0 Å². The predicted octanol–water partition coefficient (Wildman–Crippen LogP) is 10.1. The number of aromatic nitrogens is 2. The summed E-state index contributed by atoms with van der Waals surface area (Å²) in [6, 6.07) is -2.75. The molecule has 0 spiro atoms. The number of hydrogen-bond donors (Lipinski definition) is 3. The van der Waals surface area contributed by atoms with Crippen LogP contribution in [0.3, 0.4) is 0 Å². The molecule has 2 heterocycles. The maximum absolute atomic E-state index is 14.9. The molecule has 6 atom stereocenters. The van der Waals surface area contributed by atoms with Gasteiger partial charge in [-0.25, -0.2) is 4.98 Å². The Balaban J connectivity index is 1.24. The highest BCUT2D eigenvalue weighted by atomic mass is 16.2. The van der Waals surface area contributed by atoms with Gasteiger partial charge in [-0.15, -0.1) is 0 Å². The summed E-state index contributed by atoms with van der Waals surface area (Å²) in [5, 5.41) is 8.72. The van der Waals surface area contributed by atoms with Gasteiger partial charge in [-0.1, -0.05) is 140 Å². The zero-order valence-corrected chi connectivity index (χ0v) is 44.3. The molecule has 0 aromatic carbocycles. The van der Waals surface area contributed by atoms with E-state index in [2.05, 4.69) is 93.6 Å². The monoisotopic (exact) mass is 991 g/mol. The van der Waals surface area contributed by atoms with E-state index in [0.717, 1.165) is 89.9 Å². The Kier molecular flexibility index (Phi) is 26.0. The third-order valence-corrected chi connectivity index (χ3v) is 14.3. The van der Waals surface area contributed by atoms with Crippen molar-refractivity contribution in [2.75, 3.05) is 13.1 Å². The molecule has 2 aliphatic carbocycles. The van der Waals surface area contributed by atoms with E-state index in [9.17, 15) is 33.6 Å². The second-order valence-corrected chi connectivity index (χ2v) is 21.2. The van der Waals surface area contributed by atoms with E-state index in [1.165, 1.54) is 18.6 Å². The third kappa shape index (κ3) is 19.8. The molecule has 4 amide bonds. The summed E-state index contributed by atoms with van der Waals surface area (Å²) in [5.41, 5.74) is -0.561. The van der Waals surface area contributed by atoms with Crippen molar-refractivity contribution in [2.45, 2.75) is 182 Å². The second-order valence-electron chi connectivity index (χ2n) is 21.2. The van der Waals surface area contributed by atoms with E-state index < -0.39 is 58.8 Å². The molecule has 1 saturated heterocycles. The number of nitrogens with one attached hydrogen (secondary N) is 3. The summed E-state index contributed by atoms with van der Waals surface area (Å²) in [6.45, 7) is 12.1. The number of fused-ring (bicyclic) bond motifs is 1. The van der Waals surface area contributed by atoms with Gasteiger partial charge in [0.25, 0.3) is 5.91 Å². The normalized spacial score (nSPS) is 20.0. The number of ketones is 3. The number of allylic oxidation sites excluding steroid dienone is 12. The van der Waals surface area contributed by atoms with Gasteiger partial charge < -0.3 is 20.9 Å². The maximum atomic E-state index is 14.9. The topological polar surface area (TPSA) is 185 Å². The Bertz CT molecular complexity index is 2090. The molecule has 0 radical (unpaired) electrons. The highest BCUT2D eigenvalue weighted by Crippen LogP contribution is 2.44. The fraction of sp³-hybridized carbons (Fsp3) is 0.610. The third-order valence-electron chi connectivity index (χ3n) is 14.3. The van der Waals surface area contributed by atoms with Gasteiger partial charge >= 0.3 is 0 Å². The summed E-state index contributed by atoms with van der Waals surface area (Å²) < 4.78 is 0. The molecule has 394 valence electrons. The SMILES string of the molecule is CC/C=C\C/C=C\C/C=C\C/C=C\C/C=C\C/C=C\CCC(=O)NCCCC(=O)C(=O)[C@@H](NC(=O)C1[C@H]2CCC[C@H]2CN1C(=O)C(CC(=O)[C@@H](NC(=O)c1cnccn1)C1CCCCC1)C(C)(C)C)C(C)C. The lowest BCUT2D eigenvalue weighted by Gasteiger charge is -2.37. The quantitative estimate of drug-likeness (QED) is 0.0383. The highest BCUT2D eigenvalue weighted by Gasteiger charge is 2.52. The van der Waals surface area contributed by atoms with Gasteiger partial charge in [-0.3, -0.25) is 38.5 Å². The van der Waals surface area contributed by atoms with E-state index in [1.807, 2.05) is 32.9 Å². The Morgan fingerprint density at radius 2 is 1.35 bits per heavy atom. The van der Waals surface area contributed by atoms with Crippen LogP contribution in [0.25, 0.3) is 0 Å². The smallest absolute Gasteiger partial charge is 0.272 e. The van der Waals surface area contributed by atoms with Crippen molar-refractivity contribution < 1.29 is 33.6 Å². The van der Waals surface area contributed by atoms with Gasteiger partial charge in [0.05, 0.1) is 18.3 Å². The molecule has 4 rings (SSSR count). The Morgan fingerprint density at radius 3 is 1.92 bits per heavy atom. The minimum Gasteiger partial charge on any atom is -0.356 e. The van der Waals surface area contributed by atoms with E-state index >= 15 is 0 Å². The number of likely N-dealkylation sites (tertiary alicyclic amines) is 1. The fourth-order valence-corrected chi connectivity index (χ4v) is 10.2. The average Bonchev–Trinajstić information content (AvgIpc) is 3.98. The van der Waals surface area contributed by atoms with Crippen molar-refractivity contribution in [3.05, 3.63) is 97.2 Å². The number of rotatable bonds is 30. The summed E-state index contributed by atoms with van der Waals surface area (Å²) in [7, 11) is 0. The van der Waals surface area contributed by atoms with Crippen molar-refractivity contribution in [3.63, 3.8) is 0 Å². The molecule has 1 aliphatic heterocycles. The summed E-state index contributed by atoms with van der Waals surface area (Å²) in [4.78, 5) is 106. The lowest BCUT2D eigenvalue weighted by atomic mass is 9.74. The number of carbonyl (C=O) groups is 7. The molecule has 1 aromatic heterocycles. The van der Waals surface area contributed by atoms with Crippen LogP contribution < -0.4 is 16.0 Å². The van der Waals surface area contributed by atoms with Crippen LogP contribution in [-0.2, 0) is 28.8 Å². The summed E-state index contributed by atoms with van der Waals surface area (Å²) >= 11 is 0. The first-order valence-electron chi connectivity index (χ1n) is 27.1. The maximum Gasteiger partial charge on any atom is 0.272 e. The molecule has 3 N–H and O–H groups in total. The Morgan fingerprint density at radius 1 is 0.736 bits per heavy atom. The van der Waals surface area contributed by atoms with Crippen molar-refractivity contribution in [2.24, 2.45) is 35.0 Å². The van der Waals surface area contributed by atoms with Crippen LogP contribution in [0.5, 0.6) is 0 Å². The van der Waals surface area contributed by atoms with Gasteiger partial charge in [0.2, 0.25) is 29.3 Å². The first-order chi connectivity index (χ1) is 34.6. The van der Waals surface area contributed by atoms with Crippen molar-refractivity contribution in [1.82, 2.24) is 30.8 Å². The fourth-order valence-electron chi connectivity index (χ4n) is 10.2. The summed E-state index contributed by atoms with van der Waals surface area (Å²) in [5.74, 6) is -4.22. The van der Waals surface area contributed by atoms with E-state index in [0.29, 0.717) is 19.4 Å². The first kappa shape index (κ1) is 59.0. The average molecular weight is 991 g/mol. The van der Waals surface area contributed by atoms with Gasteiger partial charge in [0, 0.05) is 50.7 Å². The predicted molar refractivity (Wildman–Crippen MR) is 285 cm³/mol. The lowest BCUT2D eigenvalue weighted by Crippen LogP contribution is -2.56. The molecule has 2 unspecified atom stereocenters. The van der Waals surface area contributed by atoms with Crippen LogP contribution in [0, 0.1) is 35.0 Å². The van der Waals surface area contributed by atoms with Crippen molar-refractivity contribution in [1.29, 1.82) is 0 Å². The van der Waals surface area contributed by atoms with Crippen LogP contribution in [0.1, 0.15) is 174 Å². The van der Waals surface area contributed by atoms with Gasteiger partial charge in [0.1, 0.15) is 11.7 Å². The van der Waals surface area contributed by atoms with Crippen molar-refractivity contribution in [3.8, 4) is 0 Å². The molecule has 1 aromatic rings. The molecular formula is C59H86N6O7. The van der Waals surface area contributed by atoms with E-state index in [-0.39, 0.29) is 66.9 Å². The second kappa shape index (κ2) is 31.8. The Labute approximate surface area is 430 Å². The zero-order chi connectivity index (χ0) is 52.3. The van der Waals surface area contributed by atoms with Crippen LogP contribution in [-0.4, -0.2) is 87.1 Å². The van der Waals surface area contributed by atoms with Crippen LogP contribution in [0.4, 0.5) is 0 Å². The van der Waals surface area contributed by atoms with Crippen LogP contribution in [0.15, 0.2) is 91.5 Å². The van der Waals surface area contributed by atoms with Gasteiger partial charge in [0.15, 0.2) is 5.78 Å². The van der Waals surface area contributed by atoms with Crippen molar-refractivity contribution >= 4 is 41.0 Å².